The molecule has 0 aliphatic carbocycles. The van der Waals surface area contributed by atoms with Crippen LogP contribution in [0.4, 0.5) is 4.39 Å². The molecule has 0 aliphatic rings. The Hall–Kier alpha value is -2.42. The molecule has 124 valence electrons. The number of methoxy groups -OCH3 is 1. The molecular weight excluding hydrogens is 301 g/mol. The van der Waals surface area contributed by atoms with E-state index < -0.39 is 0 Å². The third kappa shape index (κ3) is 2.86. The Morgan fingerprint density at radius 1 is 1.08 bits per heavy atom. The molecule has 2 aromatic carbocycles. The van der Waals surface area contributed by atoms with E-state index in [0.717, 1.165) is 34.1 Å². The third-order valence-corrected chi connectivity index (χ3v) is 4.37. The van der Waals surface area contributed by atoms with Gasteiger partial charge in [0.15, 0.2) is 0 Å². The van der Waals surface area contributed by atoms with Gasteiger partial charge in [0.25, 0.3) is 0 Å². The van der Waals surface area contributed by atoms with Crippen molar-refractivity contribution < 1.29 is 9.13 Å². The molecule has 0 saturated carbocycles. The van der Waals surface area contributed by atoms with E-state index >= 15 is 0 Å². The summed E-state index contributed by atoms with van der Waals surface area (Å²) in [5.41, 5.74) is 4.57. The standard InChI is InChI=1S/C21H22FNO/c1-5-19-16(10-14-8-6-7-9-20(14)23-19)17-11-15(13(2)3)18(22)12-21(17)24-4/h6-13H,5H2,1-4H3. The SMILES string of the molecule is CCc1nc2ccccc2cc1-c1cc(C(C)C)c(F)cc1OC. The Balaban J connectivity index is 2.31. The second-order valence-electron chi connectivity index (χ2n) is 6.26. The second kappa shape index (κ2) is 6.60. The Morgan fingerprint density at radius 3 is 2.50 bits per heavy atom. The predicted octanol–water partition coefficient (Wildman–Crippen LogP) is 5.74. The maximum atomic E-state index is 14.3. The minimum absolute atomic E-state index is 0.105. The van der Waals surface area contributed by atoms with Crippen molar-refractivity contribution in [1.29, 1.82) is 0 Å². The smallest absolute Gasteiger partial charge is 0.130 e. The van der Waals surface area contributed by atoms with Crippen LogP contribution in [-0.4, -0.2) is 12.1 Å². The third-order valence-electron chi connectivity index (χ3n) is 4.37. The highest BCUT2D eigenvalue weighted by atomic mass is 19.1. The highest BCUT2D eigenvalue weighted by Gasteiger charge is 2.17. The van der Waals surface area contributed by atoms with Crippen LogP contribution in [0.2, 0.25) is 0 Å². The highest BCUT2D eigenvalue weighted by Crippen LogP contribution is 2.37. The summed E-state index contributed by atoms with van der Waals surface area (Å²) in [7, 11) is 1.58. The summed E-state index contributed by atoms with van der Waals surface area (Å²) in [6.07, 6.45) is 0.803. The fourth-order valence-corrected chi connectivity index (χ4v) is 3.05. The number of ether oxygens (including phenoxy) is 1. The van der Waals surface area contributed by atoms with E-state index in [9.17, 15) is 4.39 Å². The molecule has 0 N–H and O–H groups in total. The van der Waals surface area contributed by atoms with Crippen LogP contribution < -0.4 is 4.74 Å². The van der Waals surface area contributed by atoms with Crippen LogP contribution in [0.25, 0.3) is 22.0 Å². The van der Waals surface area contributed by atoms with E-state index in [2.05, 4.69) is 13.0 Å². The molecule has 0 amide bonds. The first-order valence-electron chi connectivity index (χ1n) is 8.31. The Morgan fingerprint density at radius 2 is 1.83 bits per heavy atom. The first-order valence-corrected chi connectivity index (χ1v) is 8.31. The number of rotatable bonds is 4. The number of para-hydroxylation sites is 1. The Bertz CT molecular complexity index is 886. The highest BCUT2D eigenvalue weighted by molar-refractivity contribution is 5.86. The van der Waals surface area contributed by atoms with E-state index in [0.29, 0.717) is 11.3 Å². The maximum Gasteiger partial charge on any atom is 0.130 e. The van der Waals surface area contributed by atoms with Crippen LogP contribution in [-0.2, 0) is 6.42 Å². The Labute approximate surface area is 142 Å². The fourth-order valence-electron chi connectivity index (χ4n) is 3.05. The molecule has 0 aliphatic heterocycles. The van der Waals surface area contributed by atoms with Crippen molar-refractivity contribution in [3.05, 3.63) is 59.5 Å². The van der Waals surface area contributed by atoms with Crippen molar-refractivity contribution in [2.75, 3.05) is 7.11 Å². The lowest BCUT2D eigenvalue weighted by atomic mass is 9.94. The number of hydrogen-bond donors (Lipinski definition) is 0. The van der Waals surface area contributed by atoms with Crippen molar-refractivity contribution in [3.8, 4) is 16.9 Å². The number of aromatic nitrogens is 1. The van der Waals surface area contributed by atoms with Crippen LogP contribution in [0.1, 0.15) is 37.9 Å². The summed E-state index contributed by atoms with van der Waals surface area (Å²) in [5, 5.41) is 1.07. The van der Waals surface area contributed by atoms with Gasteiger partial charge in [-0.2, -0.15) is 0 Å². The van der Waals surface area contributed by atoms with Crippen LogP contribution >= 0.6 is 0 Å². The minimum Gasteiger partial charge on any atom is -0.496 e. The number of aryl methyl sites for hydroxylation is 1. The predicted molar refractivity (Wildman–Crippen MR) is 97.2 cm³/mol. The topological polar surface area (TPSA) is 22.1 Å². The average molecular weight is 323 g/mol. The molecule has 3 heteroatoms. The van der Waals surface area contributed by atoms with E-state index in [4.69, 9.17) is 9.72 Å². The monoisotopic (exact) mass is 323 g/mol. The van der Waals surface area contributed by atoms with Gasteiger partial charge in [0.1, 0.15) is 11.6 Å². The van der Waals surface area contributed by atoms with Gasteiger partial charge in [0.05, 0.1) is 12.6 Å². The molecule has 1 heterocycles. The van der Waals surface area contributed by atoms with Gasteiger partial charge in [0.2, 0.25) is 0 Å². The molecule has 0 spiro atoms. The van der Waals surface area contributed by atoms with Crippen LogP contribution in [0.15, 0.2) is 42.5 Å². The van der Waals surface area contributed by atoms with E-state index in [1.165, 1.54) is 6.07 Å². The van der Waals surface area contributed by atoms with Crippen LogP contribution in [0, 0.1) is 5.82 Å². The molecule has 0 atom stereocenters. The number of pyridine rings is 1. The van der Waals surface area contributed by atoms with E-state index in [-0.39, 0.29) is 11.7 Å². The Kier molecular flexibility index (Phi) is 4.52. The lowest BCUT2D eigenvalue weighted by Crippen LogP contribution is -2.00. The second-order valence-corrected chi connectivity index (χ2v) is 6.26. The number of fused-ring (bicyclic) bond motifs is 1. The zero-order chi connectivity index (χ0) is 17.3. The first kappa shape index (κ1) is 16.4. The number of halogens is 1. The number of hydrogen-bond acceptors (Lipinski definition) is 2. The molecule has 3 aromatic rings. The molecular formula is C21H22FNO. The molecule has 3 rings (SSSR count). The van der Waals surface area contributed by atoms with Gasteiger partial charge in [-0.05, 0) is 36.1 Å². The molecule has 1 aromatic heterocycles. The average Bonchev–Trinajstić information content (AvgIpc) is 2.59. The van der Waals surface area contributed by atoms with E-state index in [1.54, 1.807) is 7.11 Å². The summed E-state index contributed by atoms with van der Waals surface area (Å²) >= 11 is 0. The minimum atomic E-state index is -0.225. The number of nitrogens with zero attached hydrogens (tertiary/aromatic N) is 1. The summed E-state index contributed by atoms with van der Waals surface area (Å²) in [6.45, 7) is 6.07. The maximum absolute atomic E-state index is 14.3. The molecule has 0 fully saturated rings. The summed E-state index contributed by atoms with van der Waals surface area (Å²) in [5.74, 6) is 0.425. The van der Waals surface area contributed by atoms with E-state index in [1.807, 2.05) is 44.2 Å². The van der Waals surface area contributed by atoms with Gasteiger partial charge in [-0.1, -0.05) is 39.0 Å². The normalized spacial score (nSPS) is 11.2. The number of benzene rings is 2. The van der Waals surface area contributed by atoms with Gasteiger partial charge in [-0.15, -0.1) is 0 Å². The van der Waals surface area contributed by atoms with Crippen molar-refractivity contribution in [2.45, 2.75) is 33.1 Å². The lowest BCUT2D eigenvalue weighted by molar-refractivity contribution is 0.412. The zero-order valence-corrected chi connectivity index (χ0v) is 14.6. The van der Waals surface area contributed by atoms with Crippen molar-refractivity contribution in [3.63, 3.8) is 0 Å². The van der Waals surface area contributed by atoms with Gasteiger partial charge < -0.3 is 4.74 Å². The molecule has 24 heavy (non-hydrogen) atoms. The molecule has 0 bridgehead atoms. The largest absolute Gasteiger partial charge is 0.496 e. The first-order chi connectivity index (χ1) is 11.5. The van der Waals surface area contributed by atoms with Crippen molar-refractivity contribution in [2.24, 2.45) is 0 Å². The van der Waals surface area contributed by atoms with Gasteiger partial charge in [-0.3, -0.25) is 4.98 Å². The zero-order valence-electron chi connectivity index (χ0n) is 14.6. The van der Waals surface area contributed by atoms with Gasteiger partial charge in [-0.25, -0.2) is 4.39 Å². The molecule has 2 nitrogen and oxygen atoms in total. The quantitative estimate of drug-likeness (QED) is 0.611. The van der Waals surface area contributed by atoms with Crippen molar-refractivity contribution >= 4 is 10.9 Å². The summed E-state index contributed by atoms with van der Waals surface area (Å²) in [6, 6.07) is 13.6. The lowest BCUT2D eigenvalue weighted by Gasteiger charge is -2.16. The summed E-state index contributed by atoms with van der Waals surface area (Å²) in [4.78, 5) is 4.79. The fraction of sp³-hybridized carbons (Fsp3) is 0.286. The van der Waals surface area contributed by atoms with Crippen LogP contribution in [0.5, 0.6) is 5.75 Å². The summed E-state index contributed by atoms with van der Waals surface area (Å²) < 4.78 is 19.8. The van der Waals surface area contributed by atoms with Crippen LogP contribution in [0.3, 0.4) is 0 Å². The van der Waals surface area contributed by atoms with Crippen molar-refractivity contribution in [1.82, 2.24) is 4.98 Å². The van der Waals surface area contributed by atoms with Gasteiger partial charge >= 0.3 is 0 Å². The van der Waals surface area contributed by atoms with Gasteiger partial charge in [0, 0.05) is 28.3 Å². The molecule has 0 unspecified atom stereocenters. The molecule has 0 saturated heterocycles. The molecule has 0 radical (unpaired) electrons.